The first-order valence-corrected chi connectivity index (χ1v) is 6.88. The first-order chi connectivity index (χ1) is 8.90. The summed E-state index contributed by atoms with van der Waals surface area (Å²) in [6.45, 7) is 5.83. The smallest absolute Gasteiger partial charge is 0.123 e. The maximum atomic E-state index is 13.4. The van der Waals surface area contributed by atoms with Crippen LogP contribution in [0.4, 0.5) is 4.39 Å². The monoisotopic (exact) mass is 296 g/mol. The molecular weight excluding hydrogens is 282 g/mol. The van der Waals surface area contributed by atoms with E-state index in [1.165, 1.54) is 12.1 Å². The van der Waals surface area contributed by atoms with Gasteiger partial charge in [-0.25, -0.2) is 4.39 Å². The van der Waals surface area contributed by atoms with Crippen LogP contribution >= 0.6 is 23.2 Å². The number of halogens is 3. The lowest BCUT2D eigenvalue weighted by Crippen LogP contribution is -2.00. The van der Waals surface area contributed by atoms with E-state index in [9.17, 15) is 4.39 Å². The Bertz CT molecular complexity index is 620. The summed E-state index contributed by atoms with van der Waals surface area (Å²) in [7, 11) is 0. The van der Waals surface area contributed by atoms with Gasteiger partial charge in [0, 0.05) is 5.02 Å². The number of hydrogen-bond donors (Lipinski definition) is 0. The highest BCUT2D eigenvalue weighted by Crippen LogP contribution is 2.35. The van der Waals surface area contributed by atoms with Crippen LogP contribution in [0.25, 0.3) is 0 Å². The van der Waals surface area contributed by atoms with E-state index in [1.807, 2.05) is 32.9 Å². The van der Waals surface area contributed by atoms with E-state index in [4.69, 9.17) is 23.2 Å². The molecule has 0 aliphatic rings. The Morgan fingerprint density at radius 3 is 2.21 bits per heavy atom. The van der Waals surface area contributed by atoms with Crippen LogP contribution in [0.5, 0.6) is 0 Å². The molecule has 0 nitrogen and oxygen atoms in total. The fourth-order valence-corrected chi connectivity index (χ4v) is 2.82. The minimum atomic E-state index is -0.369. The zero-order chi connectivity index (χ0) is 14.2. The number of hydrogen-bond acceptors (Lipinski definition) is 0. The van der Waals surface area contributed by atoms with Gasteiger partial charge >= 0.3 is 0 Å². The fourth-order valence-electron chi connectivity index (χ4n) is 2.13. The number of benzene rings is 2. The lowest BCUT2D eigenvalue weighted by atomic mass is 9.95. The largest absolute Gasteiger partial charge is 0.207 e. The maximum absolute atomic E-state index is 13.4. The van der Waals surface area contributed by atoms with Crippen molar-refractivity contribution in [2.45, 2.75) is 26.1 Å². The molecular formula is C16H15Cl2F. The summed E-state index contributed by atoms with van der Waals surface area (Å²) in [5.74, 6) is -0.269. The molecule has 0 aliphatic carbocycles. The van der Waals surface area contributed by atoms with Gasteiger partial charge in [-0.1, -0.05) is 23.7 Å². The molecule has 0 fully saturated rings. The number of rotatable bonds is 2. The van der Waals surface area contributed by atoms with Crippen LogP contribution in [0.2, 0.25) is 5.02 Å². The summed E-state index contributed by atoms with van der Waals surface area (Å²) in [6, 6.07) is 8.56. The van der Waals surface area contributed by atoms with Crippen molar-refractivity contribution >= 4 is 23.2 Å². The summed E-state index contributed by atoms with van der Waals surface area (Å²) >= 11 is 12.6. The predicted octanol–water partition coefficient (Wildman–Crippen LogP) is 5.73. The molecule has 2 rings (SSSR count). The van der Waals surface area contributed by atoms with E-state index in [2.05, 4.69) is 0 Å². The molecule has 2 aromatic rings. The Labute approximate surface area is 123 Å². The third-order valence-corrected chi connectivity index (χ3v) is 4.21. The molecule has 1 unspecified atom stereocenters. The molecule has 0 saturated carbocycles. The summed E-state index contributed by atoms with van der Waals surface area (Å²) in [4.78, 5) is 0. The third kappa shape index (κ3) is 2.93. The van der Waals surface area contributed by atoms with Crippen LogP contribution in [0.1, 0.15) is 33.2 Å². The molecule has 0 bridgehead atoms. The molecule has 3 heteroatoms. The van der Waals surface area contributed by atoms with Crippen molar-refractivity contribution in [3.05, 3.63) is 69.0 Å². The highest BCUT2D eigenvalue weighted by molar-refractivity contribution is 6.31. The first-order valence-electron chi connectivity index (χ1n) is 6.07. The van der Waals surface area contributed by atoms with Gasteiger partial charge in [0.2, 0.25) is 0 Å². The van der Waals surface area contributed by atoms with E-state index in [-0.39, 0.29) is 11.2 Å². The van der Waals surface area contributed by atoms with Gasteiger partial charge in [0.25, 0.3) is 0 Å². The zero-order valence-electron chi connectivity index (χ0n) is 11.1. The average Bonchev–Trinajstić information content (AvgIpc) is 2.36. The van der Waals surface area contributed by atoms with Crippen molar-refractivity contribution in [3.63, 3.8) is 0 Å². The Balaban J connectivity index is 2.52. The second-order valence-electron chi connectivity index (χ2n) is 4.82. The van der Waals surface area contributed by atoms with Gasteiger partial charge in [-0.05, 0) is 66.8 Å². The average molecular weight is 297 g/mol. The molecule has 0 N–H and O–H groups in total. The normalized spacial score (nSPS) is 12.5. The van der Waals surface area contributed by atoms with E-state index >= 15 is 0 Å². The molecule has 0 aromatic heterocycles. The summed E-state index contributed by atoms with van der Waals surface area (Å²) in [5.41, 5.74) is 4.73. The second-order valence-corrected chi connectivity index (χ2v) is 5.67. The van der Waals surface area contributed by atoms with Crippen LogP contribution < -0.4 is 0 Å². The van der Waals surface area contributed by atoms with E-state index in [0.29, 0.717) is 0 Å². The van der Waals surface area contributed by atoms with Crippen LogP contribution in [-0.2, 0) is 0 Å². The summed E-state index contributed by atoms with van der Waals surface area (Å²) in [6.07, 6.45) is 0. The van der Waals surface area contributed by atoms with Gasteiger partial charge in [0.05, 0.1) is 5.38 Å². The molecule has 0 heterocycles. The second kappa shape index (κ2) is 5.52. The van der Waals surface area contributed by atoms with Gasteiger partial charge in [-0.15, -0.1) is 11.6 Å². The van der Waals surface area contributed by atoms with E-state index < -0.39 is 0 Å². The Hall–Kier alpha value is -1.05. The van der Waals surface area contributed by atoms with Crippen molar-refractivity contribution in [3.8, 4) is 0 Å². The highest BCUT2D eigenvalue weighted by Gasteiger charge is 2.17. The van der Waals surface area contributed by atoms with Crippen LogP contribution in [0.3, 0.4) is 0 Å². The molecule has 0 saturated heterocycles. The van der Waals surface area contributed by atoms with Crippen molar-refractivity contribution in [1.29, 1.82) is 0 Å². The minimum Gasteiger partial charge on any atom is -0.207 e. The molecule has 0 amide bonds. The SMILES string of the molecule is Cc1cc(C(Cl)c2cc(F)ccc2C)c(C)cc1Cl. The molecule has 0 spiro atoms. The lowest BCUT2D eigenvalue weighted by Gasteiger charge is -2.17. The number of aryl methyl sites for hydroxylation is 3. The predicted molar refractivity (Wildman–Crippen MR) is 79.8 cm³/mol. The van der Waals surface area contributed by atoms with Gasteiger partial charge in [-0.2, -0.15) is 0 Å². The zero-order valence-corrected chi connectivity index (χ0v) is 12.6. The van der Waals surface area contributed by atoms with Gasteiger partial charge in [0.1, 0.15) is 5.82 Å². The van der Waals surface area contributed by atoms with Gasteiger partial charge in [0.15, 0.2) is 0 Å². The topological polar surface area (TPSA) is 0 Å². The Morgan fingerprint density at radius 2 is 1.53 bits per heavy atom. The van der Waals surface area contributed by atoms with Crippen molar-refractivity contribution < 1.29 is 4.39 Å². The van der Waals surface area contributed by atoms with Crippen molar-refractivity contribution in [1.82, 2.24) is 0 Å². The molecule has 19 heavy (non-hydrogen) atoms. The molecule has 1 atom stereocenters. The maximum Gasteiger partial charge on any atom is 0.123 e. The molecule has 100 valence electrons. The Kier molecular flexibility index (Phi) is 4.17. The fraction of sp³-hybridized carbons (Fsp3) is 0.250. The summed E-state index contributed by atoms with van der Waals surface area (Å²) in [5, 5.41) is 0.354. The quantitative estimate of drug-likeness (QED) is 0.621. The standard InChI is InChI=1S/C16H15Cl2F/c1-9-4-5-12(19)8-14(9)16(18)13-6-11(3)15(17)7-10(13)2/h4-8,16H,1-3H3. The molecule has 0 aliphatic heterocycles. The van der Waals surface area contributed by atoms with Crippen LogP contribution in [-0.4, -0.2) is 0 Å². The molecule has 0 radical (unpaired) electrons. The third-order valence-electron chi connectivity index (χ3n) is 3.33. The lowest BCUT2D eigenvalue weighted by molar-refractivity contribution is 0.625. The first kappa shape index (κ1) is 14.4. The van der Waals surface area contributed by atoms with Crippen molar-refractivity contribution in [2.24, 2.45) is 0 Å². The minimum absolute atomic E-state index is 0.269. The highest BCUT2D eigenvalue weighted by atomic mass is 35.5. The van der Waals surface area contributed by atoms with Crippen LogP contribution in [0.15, 0.2) is 30.3 Å². The van der Waals surface area contributed by atoms with Crippen molar-refractivity contribution in [2.75, 3.05) is 0 Å². The molecule has 2 aromatic carbocycles. The summed E-state index contributed by atoms with van der Waals surface area (Å²) < 4.78 is 13.4. The number of alkyl halides is 1. The van der Waals surface area contributed by atoms with E-state index in [1.54, 1.807) is 6.07 Å². The van der Waals surface area contributed by atoms with Crippen LogP contribution in [0, 0.1) is 26.6 Å². The van der Waals surface area contributed by atoms with E-state index in [0.717, 1.165) is 32.8 Å². The van der Waals surface area contributed by atoms with Gasteiger partial charge in [-0.3, -0.25) is 0 Å². The Morgan fingerprint density at radius 1 is 0.895 bits per heavy atom. The van der Waals surface area contributed by atoms with Gasteiger partial charge < -0.3 is 0 Å².